The van der Waals surface area contributed by atoms with E-state index in [0.29, 0.717) is 6.04 Å². The molecule has 0 spiro atoms. The lowest BCUT2D eigenvalue weighted by atomic mass is 9.81. The highest BCUT2D eigenvalue weighted by molar-refractivity contribution is 4.76. The highest BCUT2D eigenvalue weighted by Crippen LogP contribution is 2.25. The summed E-state index contributed by atoms with van der Waals surface area (Å²) < 4.78 is 0. The molecule has 0 radical (unpaired) electrons. The summed E-state index contributed by atoms with van der Waals surface area (Å²) in [5.41, 5.74) is 6.27. The standard InChI is InChI=1S/C13H29N/c1-5-8-10-13(14)12(9-6-2)11(4)7-3/h11-13H,5-10,14H2,1-4H3. The molecule has 0 aliphatic heterocycles. The Labute approximate surface area is 90.5 Å². The third-order valence-electron chi connectivity index (χ3n) is 3.44. The van der Waals surface area contributed by atoms with E-state index < -0.39 is 0 Å². The van der Waals surface area contributed by atoms with Gasteiger partial charge in [-0.3, -0.25) is 0 Å². The fraction of sp³-hybridized carbons (Fsp3) is 1.00. The average Bonchev–Trinajstić information content (AvgIpc) is 2.21. The quantitative estimate of drug-likeness (QED) is 0.629. The number of hydrogen-bond acceptors (Lipinski definition) is 1. The van der Waals surface area contributed by atoms with E-state index >= 15 is 0 Å². The maximum atomic E-state index is 6.27. The molecule has 0 aliphatic rings. The molecular weight excluding hydrogens is 170 g/mol. The van der Waals surface area contributed by atoms with Crippen LogP contribution in [0, 0.1) is 11.8 Å². The third kappa shape index (κ3) is 4.99. The normalized spacial score (nSPS) is 17.8. The maximum Gasteiger partial charge on any atom is 0.00697 e. The lowest BCUT2D eigenvalue weighted by molar-refractivity contribution is 0.259. The van der Waals surface area contributed by atoms with Gasteiger partial charge in [-0.25, -0.2) is 0 Å². The summed E-state index contributed by atoms with van der Waals surface area (Å²) in [6.07, 6.45) is 7.62. The Hall–Kier alpha value is -0.0400. The van der Waals surface area contributed by atoms with Gasteiger partial charge >= 0.3 is 0 Å². The Morgan fingerprint density at radius 3 is 2.07 bits per heavy atom. The highest BCUT2D eigenvalue weighted by atomic mass is 14.7. The summed E-state index contributed by atoms with van der Waals surface area (Å²) in [6, 6.07) is 0.435. The van der Waals surface area contributed by atoms with E-state index in [9.17, 15) is 0 Å². The fourth-order valence-corrected chi connectivity index (χ4v) is 2.21. The molecule has 0 saturated heterocycles. The van der Waals surface area contributed by atoms with Gasteiger partial charge in [0.25, 0.3) is 0 Å². The summed E-state index contributed by atoms with van der Waals surface area (Å²) in [5, 5.41) is 0. The van der Waals surface area contributed by atoms with Crippen LogP contribution in [-0.4, -0.2) is 6.04 Å². The zero-order valence-corrected chi connectivity index (χ0v) is 10.6. The van der Waals surface area contributed by atoms with Crippen LogP contribution in [-0.2, 0) is 0 Å². The Kier molecular flexibility index (Phi) is 8.26. The zero-order valence-electron chi connectivity index (χ0n) is 10.6. The molecule has 0 amide bonds. The van der Waals surface area contributed by atoms with Gasteiger partial charge in [0.15, 0.2) is 0 Å². The number of hydrogen-bond donors (Lipinski definition) is 1. The molecule has 1 heteroatoms. The summed E-state index contributed by atoms with van der Waals surface area (Å²) in [6.45, 7) is 9.14. The number of unbranched alkanes of at least 4 members (excludes halogenated alkanes) is 1. The Morgan fingerprint density at radius 1 is 1.00 bits per heavy atom. The van der Waals surface area contributed by atoms with Crippen LogP contribution in [0.5, 0.6) is 0 Å². The average molecular weight is 199 g/mol. The SMILES string of the molecule is CCCCC(N)C(CCC)C(C)CC. The minimum Gasteiger partial charge on any atom is -0.327 e. The molecule has 0 rings (SSSR count). The van der Waals surface area contributed by atoms with Gasteiger partial charge in [0.05, 0.1) is 0 Å². The number of rotatable bonds is 8. The van der Waals surface area contributed by atoms with Gasteiger partial charge in [-0.2, -0.15) is 0 Å². The second-order valence-corrected chi connectivity index (χ2v) is 4.64. The van der Waals surface area contributed by atoms with Crippen molar-refractivity contribution in [2.75, 3.05) is 0 Å². The van der Waals surface area contributed by atoms with Crippen LogP contribution >= 0.6 is 0 Å². The lowest BCUT2D eigenvalue weighted by Crippen LogP contribution is -2.34. The van der Waals surface area contributed by atoms with Crippen LogP contribution in [0.1, 0.15) is 66.2 Å². The van der Waals surface area contributed by atoms with Crippen molar-refractivity contribution in [1.29, 1.82) is 0 Å². The topological polar surface area (TPSA) is 26.0 Å². The van der Waals surface area contributed by atoms with Gasteiger partial charge in [-0.1, -0.05) is 53.4 Å². The molecule has 0 heterocycles. The minimum atomic E-state index is 0.435. The summed E-state index contributed by atoms with van der Waals surface area (Å²) in [4.78, 5) is 0. The van der Waals surface area contributed by atoms with Gasteiger partial charge in [0.2, 0.25) is 0 Å². The van der Waals surface area contributed by atoms with Crippen LogP contribution in [0.2, 0.25) is 0 Å². The minimum absolute atomic E-state index is 0.435. The van der Waals surface area contributed by atoms with E-state index in [2.05, 4.69) is 27.7 Å². The van der Waals surface area contributed by atoms with Crippen LogP contribution in [0.25, 0.3) is 0 Å². The predicted octanol–water partition coefficient (Wildman–Crippen LogP) is 3.97. The van der Waals surface area contributed by atoms with E-state index in [1.807, 2.05) is 0 Å². The summed E-state index contributed by atoms with van der Waals surface area (Å²) >= 11 is 0. The largest absolute Gasteiger partial charge is 0.327 e. The van der Waals surface area contributed by atoms with Crippen molar-refractivity contribution in [2.24, 2.45) is 17.6 Å². The molecule has 0 aromatic heterocycles. The molecule has 3 atom stereocenters. The van der Waals surface area contributed by atoms with Gasteiger partial charge in [-0.15, -0.1) is 0 Å². The van der Waals surface area contributed by atoms with Crippen molar-refractivity contribution in [2.45, 2.75) is 72.3 Å². The Morgan fingerprint density at radius 2 is 1.64 bits per heavy atom. The van der Waals surface area contributed by atoms with E-state index in [-0.39, 0.29) is 0 Å². The maximum absolute atomic E-state index is 6.27. The van der Waals surface area contributed by atoms with E-state index in [4.69, 9.17) is 5.73 Å². The Balaban J connectivity index is 4.03. The molecule has 0 bridgehead atoms. The first-order valence-corrected chi connectivity index (χ1v) is 6.42. The molecular formula is C13H29N. The molecule has 14 heavy (non-hydrogen) atoms. The smallest absolute Gasteiger partial charge is 0.00697 e. The monoisotopic (exact) mass is 199 g/mol. The van der Waals surface area contributed by atoms with E-state index in [0.717, 1.165) is 11.8 Å². The molecule has 0 aromatic carbocycles. The van der Waals surface area contributed by atoms with Gasteiger partial charge < -0.3 is 5.73 Å². The molecule has 86 valence electrons. The highest BCUT2D eigenvalue weighted by Gasteiger charge is 2.21. The van der Waals surface area contributed by atoms with Crippen molar-refractivity contribution in [3.05, 3.63) is 0 Å². The van der Waals surface area contributed by atoms with E-state index in [1.165, 1.54) is 38.5 Å². The molecule has 2 N–H and O–H groups in total. The van der Waals surface area contributed by atoms with Gasteiger partial charge in [-0.05, 0) is 24.7 Å². The van der Waals surface area contributed by atoms with Crippen molar-refractivity contribution in [3.8, 4) is 0 Å². The summed E-state index contributed by atoms with van der Waals surface area (Å²) in [7, 11) is 0. The van der Waals surface area contributed by atoms with Crippen LogP contribution in [0.4, 0.5) is 0 Å². The van der Waals surface area contributed by atoms with Gasteiger partial charge in [0, 0.05) is 6.04 Å². The molecule has 0 saturated carbocycles. The van der Waals surface area contributed by atoms with Gasteiger partial charge in [0.1, 0.15) is 0 Å². The third-order valence-corrected chi connectivity index (χ3v) is 3.44. The van der Waals surface area contributed by atoms with Crippen LogP contribution < -0.4 is 5.73 Å². The number of nitrogens with two attached hydrogens (primary N) is 1. The first-order valence-electron chi connectivity index (χ1n) is 6.42. The second-order valence-electron chi connectivity index (χ2n) is 4.64. The van der Waals surface area contributed by atoms with Crippen molar-refractivity contribution in [1.82, 2.24) is 0 Å². The summed E-state index contributed by atoms with van der Waals surface area (Å²) in [5.74, 6) is 1.54. The molecule has 0 aliphatic carbocycles. The zero-order chi connectivity index (χ0) is 11.0. The Bertz CT molecular complexity index is 122. The molecule has 0 aromatic rings. The molecule has 3 unspecified atom stereocenters. The van der Waals surface area contributed by atoms with Crippen molar-refractivity contribution in [3.63, 3.8) is 0 Å². The van der Waals surface area contributed by atoms with Crippen molar-refractivity contribution < 1.29 is 0 Å². The van der Waals surface area contributed by atoms with Crippen LogP contribution in [0.3, 0.4) is 0 Å². The van der Waals surface area contributed by atoms with Crippen LogP contribution in [0.15, 0.2) is 0 Å². The van der Waals surface area contributed by atoms with E-state index in [1.54, 1.807) is 0 Å². The first-order chi connectivity index (χ1) is 6.67. The second kappa shape index (κ2) is 8.28. The molecule has 0 fully saturated rings. The predicted molar refractivity (Wildman–Crippen MR) is 65.4 cm³/mol. The molecule has 1 nitrogen and oxygen atoms in total. The fourth-order valence-electron chi connectivity index (χ4n) is 2.21. The van der Waals surface area contributed by atoms with Crippen molar-refractivity contribution >= 4 is 0 Å². The lowest BCUT2D eigenvalue weighted by Gasteiger charge is -2.28. The first kappa shape index (κ1) is 14.0.